The summed E-state index contributed by atoms with van der Waals surface area (Å²) in [6.07, 6.45) is 0.143. The highest BCUT2D eigenvalue weighted by Crippen LogP contribution is 2.18. The molecular formula is C18H26N2O3. The molecule has 0 aliphatic carbocycles. The molecule has 1 saturated heterocycles. The van der Waals surface area contributed by atoms with Crippen molar-refractivity contribution in [1.29, 1.82) is 0 Å². The third-order valence-corrected chi connectivity index (χ3v) is 4.50. The molecule has 1 heterocycles. The maximum absolute atomic E-state index is 12.6. The summed E-state index contributed by atoms with van der Waals surface area (Å²) in [5, 5.41) is 8.88. The Morgan fingerprint density at radius 2 is 1.78 bits per heavy atom. The molecule has 1 aliphatic rings. The Hall–Kier alpha value is -1.88. The first-order valence-electron chi connectivity index (χ1n) is 8.23. The van der Waals surface area contributed by atoms with E-state index in [1.807, 2.05) is 36.1 Å². The average molecular weight is 318 g/mol. The molecule has 0 spiro atoms. The molecule has 1 unspecified atom stereocenters. The number of carbonyl (C=O) groups excluding carboxylic acids is 1. The van der Waals surface area contributed by atoms with Crippen LogP contribution in [0.2, 0.25) is 0 Å². The second-order valence-electron chi connectivity index (χ2n) is 6.56. The van der Waals surface area contributed by atoms with E-state index in [1.54, 1.807) is 0 Å². The van der Waals surface area contributed by atoms with Gasteiger partial charge in [-0.1, -0.05) is 26.0 Å². The number of carboxylic acids is 1. The molecule has 5 heteroatoms. The van der Waals surface area contributed by atoms with Crippen molar-refractivity contribution < 1.29 is 14.7 Å². The lowest BCUT2D eigenvalue weighted by atomic mass is 10.0. The van der Waals surface area contributed by atoms with Crippen molar-refractivity contribution in [1.82, 2.24) is 9.80 Å². The Morgan fingerprint density at radius 3 is 2.35 bits per heavy atom. The van der Waals surface area contributed by atoms with Gasteiger partial charge in [0, 0.05) is 37.8 Å². The van der Waals surface area contributed by atoms with Gasteiger partial charge in [0.1, 0.15) is 0 Å². The first-order chi connectivity index (χ1) is 10.9. The lowest BCUT2D eigenvalue weighted by molar-refractivity contribution is -0.138. The normalized spacial score (nSPS) is 17.3. The number of carbonyl (C=O) groups is 2. The monoisotopic (exact) mass is 318 g/mol. The molecule has 0 bridgehead atoms. The zero-order chi connectivity index (χ0) is 17.0. The van der Waals surface area contributed by atoms with Gasteiger partial charge >= 0.3 is 5.97 Å². The molecule has 0 radical (unpaired) electrons. The summed E-state index contributed by atoms with van der Waals surface area (Å²) in [4.78, 5) is 27.5. The zero-order valence-corrected chi connectivity index (χ0v) is 14.2. The van der Waals surface area contributed by atoms with Crippen molar-refractivity contribution in [2.45, 2.75) is 39.2 Å². The minimum atomic E-state index is -0.776. The van der Waals surface area contributed by atoms with Gasteiger partial charge in [-0.3, -0.25) is 14.5 Å². The molecule has 1 fully saturated rings. The summed E-state index contributed by atoms with van der Waals surface area (Å²) in [5.41, 5.74) is 1.91. The number of hydrogen-bond acceptors (Lipinski definition) is 3. The third-order valence-electron chi connectivity index (χ3n) is 4.50. The molecule has 23 heavy (non-hydrogen) atoms. The van der Waals surface area contributed by atoms with E-state index < -0.39 is 5.97 Å². The highest BCUT2D eigenvalue weighted by Gasteiger charge is 2.25. The molecular weight excluding hydrogens is 292 g/mol. The molecule has 0 saturated carbocycles. The quantitative estimate of drug-likeness (QED) is 0.906. The molecule has 1 N–H and O–H groups in total. The maximum atomic E-state index is 12.6. The molecule has 1 aliphatic heterocycles. The second kappa shape index (κ2) is 7.59. The van der Waals surface area contributed by atoms with E-state index in [2.05, 4.69) is 18.7 Å². The van der Waals surface area contributed by atoms with Gasteiger partial charge in [0.05, 0.1) is 6.42 Å². The van der Waals surface area contributed by atoms with E-state index in [1.165, 1.54) is 5.56 Å². The summed E-state index contributed by atoms with van der Waals surface area (Å²) in [5.74, 6) is -0.309. The van der Waals surface area contributed by atoms with Crippen molar-refractivity contribution in [3.05, 3.63) is 35.4 Å². The predicted octanol–water partition coefficient (Wildman–Crippen LogP) is 2.43. The Balaban J connectivity index is 1.96. The lowest BCUT2D eigenvalue weighted by Crippen LogP contribution is -2.51. The topological polar surface area (TPSA) is 60.9 Å². The van der Waals surface area contributed by atoms with E-state index in [4.69, 9.17) is 5.11 Å². The van der Waals surface area contributed by atoms with Crippen molar-refractivity contribution in [2.24, 2.45) is 0 Å². The highest BCUT2D eigenvalue weighted by atomic mass is 16.4. The van der Waals surface area contributed by atoms with Crippen LogP contribution in [0, 0.1) is 0 Å². The number of amides is 1. The molecule has 126 valence electrons. The summed E-state index contributed by atoms with van der Waals surface area (Å²) in [6.45, 7) is 8.91. The Bertz CT molecular complexity index is 563. The second-order valence-corrected chi connectivity index (χ2v) is 6.56. The van der Waals surface area contributed by atoms with Crippen LogP contribution in [0.25, 0.3) is 0 Å². The number of hydrogen-bond donors (Lipinski definition) is 1. The van der Waals surface area contributed by atoms with Crippen LogP contribution < -0.4 is 0 Å². The van der Waals surface area contributed by atoms with Crippen LogP contribution in [0.4, 0.5) is 0 Å². The van der Waals surface area contributed by atoms with Gasteiger partial charge in [-0.05, 0) is 30.5 Å². The SMILES string of the molecule is CC(C)c1cccc(C(=O)N2CCN(C(C)CC(=O)O)CC2)c1. The zero-order valence-electron chi connectivity index (χ0n) is 14.2. The Labute approximate surface area is 137 Å². The summed E-state index contributed by atoms with van der Waals surface area (Å²) in [6, 6.07) is 7.84. The average Bonchev–Trinajstić information content (AvgIpc) is 2.53. The van der Waals surface area contributed by atoms with E-state index in [9.17, 15) is 9.59 Å². The van der Waals surface area contributed by atoms with Gasteiger partial charge in [-0.25, -0.2) is 0 Å². The van der Waals surface area contributed by atoms with Gasteiger partial charge in [0.25, 0.3) is 5.91 Å². The Morgan fingerprint density at radius 1 is 1.13 bits per heavy atom. The van der Waals surface area contributed by atoms with Crippen LogP contribution >= 0.6 is 0 Å². The minimum Gasteiger partial charge on any atom is -0.481 e. The minimum absolute atomic E-state index is 0.00835. The number of aliphatic carboxylic acids is 1. The molecule has 1 atom stereocenters. The summed E-state index contributed by atoms with van der Waals surface area (Å²) in [7, 11) is 0. The van der Waals surface area contributed by atoms with E-state index in [0.717, 1.165) is 18.7 Å². The fourth-order valence-corrected chi connectivity index (χ4v) is 2.96. The fourth-order valence-electron chi connectivity index (χ4n) is 2.96. The number of rotatable bonds is 5. The van der Waals surface area contributed by atoms with Crippen molar-refractivity contribution >= 4 is 11.9 Å². The summed E-state index contributed by atoms with van der Waals surface area (Å²) >= 11 is 0. The van der Waals surface area contributed by atoms with Crippen LogP contribution in [0.3, 0.4) is 0 Å². The first kappa shape index (κ1) is 17.5. The molecule has 2 rings (SSSR count). The standard InChI is InChI=1S/C18H26N2O3/c1-13(2)15-5-4-6-16(12-15)18(23)20-9-7-19(8-10-20)14(3)11-17(21)22/h4-6,12-14H,7-11H2,1-3H3,(H,21,22). The third kappa shape index (κ3) is 4.55. The molecule has 0 aromatic heterocycles. The number of carboxylic acid groups (broad SMARTS) is 1. The molecule has 1 amide bonds. The van der Waals surface area contributed by atoms with E-state index >= 15 is 0 Å². The Kier molecular flexibility index (Phi) is 5.77. The van der Waals surface area contributed by atoms with Gasteiger partial charge in [0.15, 0.2) is 0 Å². The van der Waals surface area contributed by atoms with Crippen LogP contribution in [-0.4, -0.2) is 59.0 Å². The van der Waals surface area contributed by atoms with Gasteiger partial charge in [0.2, 0.25) is 0 Å². The van der Waals surface area contributed by atoms with Crippen LogP contribution in [0.5, 0.6) is 0 Å². The van der Waals surface area contributed by atoms with Crippen molar-refractivity contribution in [2.75, 3.05) is 26.2 Å². The van der Waals surface area contributed by atoms with Crippen LogP contribution in [0.15, 0.2) is 24.3 Å². The summed E-state index contributed by atoms with van der Waals surface area (Å²) < 4.78 is 0. The highest BCUT2D eigenvalue weighted by molar-refractivity contribution is 5.94. The van der Waals surface area contributed by atoms with Gasteiger partial charge in [-0.15, -0.1) is 0 Å². The van der Waals surface area contributed by atoms with Crippen molar-refractivity contribution in [3.8, 4) is 0 Å². The van der Waals surface area contributed by atoms with E-state index in [0.29, 0.717) is 19.0 Å². The first-order valence-corrected chi connectivity index (χ1v) is 8.23. The van der Waals surface area contributed by atoms with Crippen LogP contribution in [-0.2, 0) is 4.79 Å². The van der Waals surface area contributed by atoms with Crippen LogP contribution in [0.1, 0.15) is 49.0 Å². The predicted molar refractivity (Wildman–Crippen MR) is 89.7 cm³/mol. The number of benzene rings is 1. The molecule has 5 nitrogen and oxygen atoms in total. The molecule has 1 aromatic carbocycles. The van der Waals surface area contributed by atoms with E-state index in [-0.39, 0.29) is 18.4 Å². The largest absolute Gasteiger partial charge is 0.481 e. The number of piperazine rings is 1. The van der Waals surface area contributed by atoms with Gasteiger partial charge in [-0.2, -0.15) is 0 Å². The fraction of sp³-hybridized carbons (Fsp3) is 0.556. The smallest absolute Gasteiger partial charge is 0.304 e. The van der Waals surface area contributed by atoms with Gasteiger partial charge < -0.3 is 10.0 Å². The number of nitrogens with zero attached hydrogens (tertiary/aromatic N) is 2. The lowest BCUT2D eigenvalue weighted by Gasteiger charge is -2.37. The maximum Gasteiger partial charge on any atom is 0.304 e. The van der Waals surface area contributed by atoms with Crippen molar-refractivity contribution in [3.63, 3.8) is 0 Å². The molecule has 1 aromatic rings.